The number of aromatic nitrogens is 1. The van der Waals surface area contributed by atoms with Gasteiger partial charge in [-0.15, -0.1) is 11.3 Å². The Morgan fingerprint density at radius 3 is 2.86 bits per heavy atom. The molecule has 0 atom stereocenters. The number of hydrogen-bond donors (Lipinski definition) is 1. The molecule has 0 saturated heterocycles. The number of hydrogen-bond acceptors (Lipinski definition) is 5. The van der Waals surface area contributed by atoms with Crippen LogP contribution in [0.1, 0.15) is 21.1 Å². The van der Waals surface area contributed by atoms with Crippen LogP contribution in [0, 0.1) is 0 Å². The van der Waals surface area contributed by atoms with Crippen LogP contribution in [0.15, 0.2) is 35.7 Å². The summed E-state index contributed by atoms with van der Waals surface area (Å²) >= 11 is 1.48. The largest absolute Gasteiger partial charge is 0.375 e. The van der Waals surface area contributed by atoms with Gasteiger partial charge < -0.3 is 15.4 Å². The topological polar surface area (TPSA) is 68.5 Å². The molecule has 5 nitrogen and oxygen atoms in total. The summed E-state index contributed by atoms with van der Waals surface area (Å²) in [6.07, 6.45) is 0.710. The monoisotopic (exact) mass is 319 g/mol. The lowest BCUT2D eigenvalue weighted by molar-refractivity contribution is 0.0666. The first-order chi connectivity index (χ1) is 10.7. The van der Waals surface area contributed by atoms with Gasteiger partial charge in [0.15, 0.2) is 0 Å². The molecule has 0 aliphatic heterocycles. The average Bonchev–Trinajstić information content (AvgIpc) is 3.00. The molecule has 0 aliphatic rings. The zero-order chi connectivity index (χ0) is 15.8. The highest BCUT2D eigenvalue weighted by molar-refractivity contribution is 7.09. The van der Waals surface area contributed by atoms with Crippen molar-refractivity contribution < 1.29 is 9.53 Å². The van der Waals surface area contributed by atoms with Crippen molar-refractivity contribution in [2.75, 3.05) is 26.7 Å². The number of rotatable bonds is 8. The second-order valence-corrected chi connectivity index (χ2v) is 5.87. The maximum absolute atomic E-state index is 12.2. The van der Waals surface area contributed by atoms with Crippen molar-refractivity contribution in [3.05, 3.63) is 52.0 Å². The van der Waals surface area contributed by atoms with Gasteiger partial charge in [0.1, 0.15) is 5.69 Å². The van der Waals surface area contributed by atoms with E-state index in [4.69, 9.17) is 10.5 Å². The number of ether oxygens (including phenoxy) is 1. The van der Waals surface area contributed by atoms with Gasteiger partial charge in [-0.05, 0) is 12.1 Å². The normalized spacial score (nSPS) is 10.6. The second-order valence-electron chi connectivity index (χ2n) is 4.93. The summed E-state index contributed by atoms with van der Waals surface area (Å²) in [5, 5.41) is 2.69. The molecule has 1 heterocycles. The van der Waals surface area contributed by atoms with Crippen LogP contribution in [0.25, 0.3) is 0 Å². The summed E-state index contributed by atoms with van der Waals surface area (Å²) in [6.45, 7) is 2.14. The Morgan fingerprint density at radius 2 is 2.14 bits per heavy atom. The van der Waals surface area contributed by atoms with E-state index in [1.165, 1.54) is 11.3 Å². The molecule has 0 unspecified atom stereocenters. The fourth-order valence-corrected chi connectivity index (χ4v) is 2.70. The van der Waals surface area contributed by atoms with Gasteiger partial charge in [-0.1, -0.05) is 30.3 Å². The van der Waals surface area contributed by atoms with E-state index in [0.29, 0.717) is 38.4 Å². The molecule has 0 spiro atoms. The molecule has 1 aromatic carbocycles. The minimum Gasteiger partial charge on any atom is -0.375 e. The van der Waals surface area contributed by atoms with E-state index in [9.17, 15) is 4.79 Å². The summed E-state index contributed by atoms with van der Waals surface area (Å²) in [5.41, 5.74) is 7.10. The Bertz CT molecular complexity index is 586. The Morgan fingerprint density at radius 1 is 1.36 bits per heavy atom. The molecule has 1 aromatic heterocycles. The number of nitrogens with two attached hydrogens (primary N) is 1. The average molecular weight is 319 g/mol. The summed E-state index contributed by atoms with van der Waals surface area (Å²) < 4.78 is 5.59. The molecule has 0 fully saturated rings. The number of amides is 1. The van der Waals surface area contributed by atoms with E-state index in [0.717, 1.165) is 10.6 Å². The van der Waals surface area contributed by atoms with Crippen molar-refractivity contribution in [2.24, 2.45) is 5.73 Å². The van der Waals surface area contributed by atoms with Gasteiger partial charge in [-0.25, -0.2) is 4.98 Å². The Hall–Kier alpha value is -1.76. The van der Waals surface area contributed by atoms with Gasteiger partial charge in [0.2, 0.25) is 0 Å². The van der Waals surface area contributed by atoms with Crippen molar-refractivity contribution in [3.8, 4) is 0 Å². The van der Waals surface area contributed by atoms with Crippen LogP contribution < -0.4 is 5.73 Å². The van der Waals surface area contributed by atoms with Gasteiger partial charge in [-0.3, -0.25) is 4.79 Å². The molecule has 1 amide bonds. The lowest BCUT2D eigenvalue weighted by Gasteiger charge is -2.15. The molecule has 2 N–H and O–H groups in total. The molecule has 0 radical (unpaired) electrons. The van der Waals surface area contributed by atoms with Gasteiger partial charge in [0, 0.05) is 25.4 Å². The summed E-state index contributed by atoms with van der Waals surface area (Å²) in [6, 6.07) is 9.97. The summed E-state index contributed by atoms with van der Waals surface area (Å²) in [7, 11) is 1.76. The van der Waals surface area contributed by atoms with E-state index >= 15 is 0 Å². The maximum Gasteiger partial charge on any atom is 0.273 e. The van der Waals surface area contributed by atoms with E-state index in [-0.39, 0.29) is 5.91 Å². The van der Waals surface area contributed by atoms with Crippen LogP contribution in [-0.2, 0) is 17.8 Å². The molecule has 0 bridgehead atoms. The van der Waals surface area contributed by atoms with Crippen LogP contribution in [0.5, 0.6) is 0 Å². The van der Waals surface area contributed by atoms with Gasteiger partial charge in [-0.2, -0.15) is 0 Å². The summed E-state index contributed by atoms with van der Waals surface area (Å²) in [5.74, 6) is -0.0807. The number of likely N-dealkylation sites (N-methyl/N-ethyl adjacent to an activating group) is 1. The quantitative estimate of drug-likeness (QED) is 0.755. The number of benzene rings is 1. The fraction of sp³-hybridized carbons (Fsp3) is 0.375. The lowest BCUT2D eigenvalue weighted by Crippen LogP contribution is -2.30. The molecule has 22 heavy (non-hydrogen) atoms. The summed E-state index contributed by atoms with van der Waals surface area (Å²) in [4.78, 5) is 18.1. The first kappa shape index (κ1) is 16.6. The first-order valence-corrected chi connectivity index (χ1v) is 8.10. The molecule has 0 saturated carbocycles. The molecule has 118 valence electrons. The lowest BCUT2D eigenvalue weighted by atomic mass is 10.2. The Labute approximate surface area is 134 Å². The van der Waals surface area contributed by atoms with Crippen molar-refractivity contribution >= 4 is 17.2 Å². The smallest absolute Gasteiger partial charge is 0.273 e. The molecular formula is C16H21N3O2S. The molecule has 6 heteroatoms. The predicted octanol–water partition coefficient (Wildman–Crippen LogP) is 1.93. The van der Waals surface area contributed by atoms with E-state index in [1.54, 1.807) is 17.3 Å². The van der Waals surface area contributed by atoms with Crippen LogP contribution in [-0.4, -0.2) is 42.5 Å². The fourth-order valence-electron chi connectivity index (χ4n) is 1.91. The zero-order valence-electron chi connectivity index (χ0n) is 12.7. The highest BCUT2D eigenvalue weighted by atomic mass is 32.1. The standard InChI is InChI=1S/C16H21N3O2S/c1-19(9-10-21-11-13-5-3-2-4-6-13)16(20)14-12-22-15(18-14)7-8-17/h2-6,12H,7-11,17H2,1H3. The van der Waals surface area contributed by atoms with E-state index in [1.807, 2.05) is 30.3 Å². The van der Waals surface area contributed by atoms with Gasteiger partial charge in [0.05, 0.1) is 18.2 Å². The highest BCUT2D eigenvalue weighted by Crippen LogP contribution is 2.11. The van der Waals surface area contributed by atoms with Crippen LogP contribution in [0.2, 0.25) is 0 Å². The minimum absolute atomic E-state index is 0.0807. The van der Waals surface area contributed by atoms with Crippen LogP contribution >= 0.6 is 11.3 Å². The van der Waals surface area contributed by atoms with E-state index in [2.05, 4.69) is 4.98 Å². The van der Waals surface area contributed by atoms with Crippen LogP contribution in [0.4, 0.5) is 0 Å². The van der Waals surface area contributed by atoms with E-state index < -0.39 is 0 Å². The highest BCUT2D eigenvalue weighted by Gasteiger charge is 2.15. The number of carbonyl (C=O) groups is 1. The minimum atomic E-state index is -0.0807. The maximum atomic E-state index is 12.2. The van der Waals surface area contributed by atoms with Crippen LogP contribution in [0.3, 0.4) is 0 Å². The molecule has 2 aromatic rings. The molecule has 0 aliphatic carbocycles. The second kappa shape index (κ2) is 8.63. The Kier molecular flexibility index (Phi) is 6.51. The van der Waals surface area contributed by atoms with Crippen molar-refractivity contribution in [3.63, 3.8) is 0 Å². The third-order valence-corrected chi connectivity index (χ3v) is 4.07. The van der Waals surface area contributed by atoms with Crippen molar-refractivity contribution in [2.45, 2.75) is 13.0 Å². The Balaban J connectivity index is 1.74. The SMILES string of the molecule is CN(CCOCc1ccccc1)C(=O)c1csc(CCN)n1. The number of carbonyl (C=O) groups excluding carboxylic acids is 1. The third kappa shape index (κ3) is 4.91. The van der Waals surface area contributed by atoms with Gasteiger partial charge in [0.25, 0.3) is 5.91 Å². The first-order valence-electron chi connectivity index (χ1n) is 7.22. The van der Waals surface area contributed by atoms with Crippen molar-refractivity contribution in [1.29, 1.82) is 0 Å². The number of thiazole rings is 1. The predicted molar refractivity (Wildman–Crippen MR) is 87.9 cm³/mol. The number of nitrogens with zero attached hydrogens (tertiary/aromatic N) is 2. The molecular weight excluding hydrogens is 298 g/mol. The third-order valence-electron chi connectivity index (χ3n) is 3.16. The molecule has 2 rings (SSSR count). The van der Waals surface area contributed by atoms with Crippen molar-refractivity contribution in [1.82, 2.24) is 9.88 Å². The van der Waals surface area contributed by atoms with Gasteiger partial charge >= 0.3 is 0 Å². The zero-order valence-corrected chi connectivity index (χ0v) is 13.5.